The Morgan fingerprint density at radius 1 is 1.09 bits per heavy atom. The molecule has 0 amide bonds. The number of rotatable bonds is 5. The zero-order valence-electron chi connectivity index (χ0n) is 13.9. The molecule has 122 valence electrons. The molecule has 1 N–H and O–H groups in total. The summed E-state index contributed by atoms with van der Waals surface area (Å²) < 4.78 is 0. The van der Waals surface area contributed by atoms with Crippen molar-refractivity contribution in [2.75, 3.05) is 42.9 Å². The van der Waals surface area contributed by atoms with E-state index in [0.717, 1.165) is 45.1 Å². The van der Waals surface area contributed by atoms with Gasteiger partial charge < -0.3 is 10.2 Å². The average molecular weight is 312 g/mol. The number of nitrogens with zero attached hydrogens (tertiary/aromatic N) is 5. The van der Waals surface area contributed by atoms with Crippen LogP contribution in [-0.4, -0.2) is 52.6 Å². The van der Waals surface area contributed by atoms with Gasteiger partial charge >= 0.3 is 0 Å². The molecule has 0 aliphatic carbocycles. The highest BCUT2D eigenvalue weighted by Crippen LogP contribution is 2.16. The van der Waals surface area contributed by atoms with Crippen LogP contribution in [0.5, 0.6) is 0 Å². The van der Waals surface area contributed by atoms with Crippen molar-refractivity contribution in [1.29, 1.82) is 0 Å². The number of aryl methyl sites for hydroxylation is 1. The molecule has 2 aromatic rings. The van der Waals surface area contributed by atoms with Crippen LogP contribution in [0, 0.1) is 6.92 Å². The van der Waals surface area contributed by atoms with E-state index < -0.39 is 0 Å². The highest BCUT2D eigenvalue weighted by atomic mass is 15.3. The standard InChI is InChI=1S/C17H24N6/c1-3-18-17-20-8-6-16(21-17)23-11-9-22(10-12-23)13-15-14(2)5-4-7-19-15/h4-8H,3,9-13H2,1-2H3,(H,18,20,21). The lowest BCUT2D eigenvalue weighted by Crippen LogP contribution is -2.46. The quantitative estimate of drug-likeness (QED) is 0.910. The van der Waals surface area contributed by atoms with E-state index in [-0.39, 0.29) is 0 Å². The van der Waals surface area contributed by atoms with Crippen molar-refractivity contribution in [3.05, 3.63) is 41.9 Å². The average Bonchev–Trinajstić information content (AvgIpc) is 2.58. The Labute approximate surface area is 137 Å². The van der Waals surface area contributed by atoms with Crippen LogP contribution in [0.15, 0.2) is 30.6 Å². The lowest BCUT2D eigenvalue weighted by atomic mass is 10.2. The Kier molecular flexibility index (Phi) is 5.02. The molecule has 0 atom stereocenters. The van der Waals surface area contributed by atoms with Crippen molar-refractivity contribution < 1.29 is 0 Å². The number of aromatic nitrogens is 3. The lowest BCUT2D eigenvalue weighted by molar-refractivity contribution is 0.246. The van der Waals surface area contributed by atoms with Crippen LogP contribution in [0.25, 0.3) is 0 Å². The summed E-state index contributed by atoms with van der Waals surface area (Å²) >= 11 is 0. The molecule has 0 aromatic carbocycles. The monoisotopic (exact) mass is 312 g/mol. The SMILES string of the molecule is CCNc1nccc(N2CCN(Cc3ncccc3C)CC2)n1. The minimum absolute atomic E-state index is 0.705. The maximum Gasteiger partial charge on any atom is 0.224 e. The van der Waals surface area contributed by atoms with Crippen LogP contribution in [0.1, 0.15) is 18.2 Å². The maximum atomic E-state index is 4.58. The summed E-state index contributed by atoms with van der Waals surface area (Å²) in [6.45, 7) is 9.94. The molecule has 0 unspecified atom stereocenters. The zero-order valence-corrected chi connectivity index (χ0v) is 13.9. The van der Waals surface area contributed by atoms with Gasteiger partial charge in [-0.15, -0.1) is 0 Å². The molecular weight excluding hydrogens is 288 g/mol. The number of piperazine rings is 1. The van der Waals surface area contributed by atoms with Crippen LogP contribution in [0.2, 0.25) is 0 Å². The third-order valence-corrected chi connectivity index (χ3v) is 4.16. The van der Waals surface area contributed by atoms with Crippen LogP contribution in [0.3, 0.4) is 0 Å². The van der Waals surface area contributed by atoms with E-state index in [1.807, 2.05) is 24.5 Å². The van der Waals surface area contributed by atoms with Crippen molar-refractivity contribution in [3.8, 4) is 0 Å². The van der Waals surface area contributed by atoms with E-state index in [1.165, 1.54) is 11.3 Å². The molecule has 1 saturated heterocycles. The third kappa shape index (κ3) is 3.96. The van der Waals surface area contributed by atoms with Crippen molar-refractivity contribution in [2.45, 2.75) is 20.4 Å². The second kappa shape index (κ2) is 7.37. The zero-order chi connectivity index (χ0) is 16.1. The predicted octanol–water partition coefficient (Wildman–Crippen LogP) is 1.93. The molecule has 6 nitrogen and oxygen atoms in total. The molecule has 0 radical (unpaired) electrons. The first-order valence-electron chi connectivity index (χ1n) is 8.21. The normalized spacial score (nSPS) is 15.7. The van der Waals surface area contributed by atoms with Gasteiger partial charge in [0.05, 0.1) is 5.69 Å². The van der Waals surface area contributed by atoms with Crippen molar-refractivity contribution in [1.82, 2.24) is 19.9 Å². The molecule has 6 heteroatoms. The van der Waals surface area contributed by atoms with Gasteiger partial charge in [0, 0.05) is 51.7 Å². The van der Waals surface area contributed by atoms with E-state index in [9.17, 15) is 0 Å². The van der Waals surface area contributed by atoms with Crippen molar-refractivity contribution >= 4 is 11.8 Å². The van der Waals surface area contributed by atoms with Gasteiger partial charge in [0.15, 0.2) is 0 Å². The van der Waals surface area contributed by atoms with E-state index >= 15 is 0 Å². The fourth-order valence-electron chi connectivity index (χ4n) is 2.80. The molecule has 0 bridgehead atoms. The van der Waals surface area contributed by atoms with E-state index in [0.29, 0.717) is 5.95 Å². The predicted molar refractivity (Wildman–Crippen MR) is 92.7 cm³/mol. The molecule has 3 rings (SSSR count). The summed E-state index contributed by atoms with van der Waals surface area (Å²) in [6.07, 6.45) is 3.70. The number of nitrogens with one attached hydrogen (secondary N) is 1. The Hall–Kier alpha value is -2.21. The second-order valence-corrected chi connectivity index (χ2v) is 5.80. The molecule has 23 heavy (non-hydrogen) atoms. The molecule has 1 aliphatic rings. The minimum atomic E-state index is 0.705. The first-order valence-corrected chi connectivity index (χ1v) is 8.21. The highest BCUT2D eigenvalue weighted by Gasteiger charge is 2.19. The molecule has 0 saturated carbocycles. The molecule has 0 spiro atoms. The van der Waals surface area contributed by atoms with E-state index in [2.05, 4.69) is 50.0 Å². The first kappa shape index (κ1) is 15.7. The molecule has 3 heterocycles. The van der Waals surface area contributed by atoms with Crippen molar-refractivity contribution in [3.63, 3.8) is 0 Å². The summed E-state index contributed by atoms with van der Waals surface area (Å²) in [5.41, 5.74) is 2.44. The summed E-state index contributed by atoms with van der Waals surface area (Å²) in [5.74, 6) is 1.71. The minimum Gasteiger partial charge on any atom is -0.354 e. The van der Waals surface area contributed by atoms with Gasteiger partial charge in [0.25, 0.3) is 0 Å². The highest BCUT2D eigenvalue weighted by molar-refractivity contribution is 5.42. The Morgan fingerprint density at radius 3 is 2.65 bits per heavy atom. The second-order valence-electron chi connectivity index (χ2n) is 5.80. The number of hydrogen-bond acceptors (Lipinski definition) is 6. The fraction of sp³-hybridized carbons (Fsp3) is 0.471. The van der Waals surface area contributed by atoms with Gasteiger partial charge in [-0.3, -0.25) is 9.88 Å². The van der Waals surface area contributed by atoms with Gasteiger partial charge in [-0.2, -0.15) is 4.98 Å². The third-order valence-electron chi connectivity index (χ3n) is 4.16. The molecule has 2 aromatic heterocycles. The van der Waals surface area contributed by atoms with Crippen LogP contribution >= 0.6 is 0 Å². The summed E-state index contributed by atoms with van der Waals surface area (Å²) in [7, 11) is 0. The molecule has 1 fully saturated rings. The first-order chi connectivity index (χ1) is 11.3. The summed E-state index contributed by atoms with van der Waals surface area (Å²) in [6, 6.07) is 6.11. The smallest absolute Gasteiger partial charge is 0.224 e. The van der Waals surface area contributed by atoms with E-state index in [4.69, 9.17) is 0 Å². The Bertz CT molecular complexity index is 636. The van der Waals surface area contributed by atoms with Gasteiger partial charge in [-0.05, 0) is 31.5 Å². The number of anilines is 2. The van der Waals surface area contributed by atoms with Gasteiger partial charge in [0.1, 0.15) is 5.82 Å². The van der Waals surface area contributed by atoms with Crippen LogP contribution < -0.4 is 10.2 Å². The number of hydrogen-bond donors (Lipinski definition) is 1. The molecule has 1 aliphatic heterocycles. The van der Waals surface area contributed by atoms with Gasteiger partial charge in [-0.25, -0.2) is 4.98 Å². The molecular formula is C17H24N6. The van der Waals surface area contributed by atoms with Crippen LogP contribution in [0.4, 0.5) is 11.8 Å². The summed E-state index contributed by atoms with van der Waals surface area (Å²) in [4.78, 5) is 18.1. The van der Waals surface area contributed by atoms with Crippen molar-refractivity contribution in [2.24, 2.45) is 0 Å². The largest absolute Gasteiger partial charge is 0.354 e. The lowest BCUT2D eigenvalue weighted by Gasteiger charge is -2.35. The van der Waals surface area contributed by atoms with Crippen LogP contribution in [-0.2, 0) is 6.54 Å². The number of pyridine rings is 1. The van der Waals surface area contributed by atoms with E-state index in [1.54, 1.807) is 0 Å². The van der Waals surface area contributed by atoms with Gasteiger partial charge in [0.2, 0.25) is 5.95 Å². The topological polar surface area (TPSA) is 57.2 Å². The maximum absolute atomic E-state index is 4.58. The summed E-state index contributed by atoms with van der Waals surface area (Å²) in [5, 5.41) is 3.17. The fourth-order valence-corrected chi connectivity index (χ4v) is 2.80. The Balaban J connectivity index is 1.58. The Morgan fingerprint density at radius 2 is 1.91 bits per heavy atom. The van der Waals surface area contributed by atoms with Gasteiger partial charge in [-0.1, -0.05) is 6.07 Å².